The Labute approximate surface area is 102 Å². The van der Waals surface area contributed by atoms with Crippen LogP contribution >= 0.6 is 0 Å². The van der Waals surface area contributed by atoms with E-state index in [-0.39, 0.29) is 12.0 Å². The summed E-state index contributed by atoms with van der Waals surface area (Å²) in [7, 11) is 1.85. The molecule has 1 aromatic rings. The molecule has 1 N–H and O–H groups in total. The first kappa shape index (κ1) is 13.6. The minimum atomic E-state index is -0.775. The smallest absolute Gasteiger partial charge is 0.321 e. The average Bonchev–Trinajstić information content (AvgIpc) is 2.28. The number of carboxylic acids is 1. The van der Waals surface area contributed by atoms with E-state index in [0.29, 0.717) is 0 Å². The van der Waals surface area contributed by atoms with Crippen LogP contribution in [0.5, 0.6) is 0 Å². The summed E-state index contributed by atoms with van der Waals surface area (Å²) < 4.78 is 0. The molecule has 0 amide bonds. The van der Waals surface area contributed by atoms with Gasteiger partial charge in [0.2, 0.25) is 0 Å². The van der Waals surface area contributed by atoms with Crippen molar-refractivity contribution in [1.29, 1.82) is 0 Å². The molecular formula is C13H20N2O2. The van der Waals surface area contributed by atoms with Gasteiger partial charge in [0.25, 0.3) is 0 Å². The third kappa shape index (κ3) is 3.27. The van der Waals surface area contributed by atoms with E-state index in [1.807, 2.05) is 44.9 Å². The second-order valence-corrected chi connectivity index (χ2v) is 4.65. The van der Waals surface area contributed by atoms with E-state index in [0.717, 1.165) is 5.56 Å². The van der Waals surface area contributed by atoms with Gasteiger partial charge in [0.1, 0.15) is 6.04 Å². The number of carbonyl (C=O) groups is 1. The number of aliphatic carboxylic acids is 1. The zero-order valence-corrected chi connectivity index (χ0v) is 10.8. The fraction of sp³-hybridized carbons (Fsp3) is 0.538. The van der Waals surface area contributed by atoms with Gasteiger partial charge in [-0.15, -0.1) is 0 Å². The van der Waals surface area contributed by atoms with E-state index >= 15 is 0 Å². The zero-order valence-electron chi connectivity index (χ0n) is 10.8. The fourth-order valence-corrected chi connectivity index (χ4v) is 2.05. The normalized spacial score (nSPS) is 14.9. The lowest BCUT2D eigenvalue weighted by Crippen LogP contribution is -2.43. The van der Waals surface area contributed by atoms with E-state index in [4.69, 9.17) is 0 Å². The molecular weight excluding hydrogens is 216 g/mol. The van der Waals surface area contributed by atoms with Gasteiger partial charge < -0.3 is 5.11 Å². The van der Waals surface area contributed by atoms with Crippen LogP contribution < -0.4 is 0 Å². The molecule has 0 aromatic carbocycles. The molecule has 0 aliphatic carbocycles. The lowest BCUT2D eigenvalue weighted by molar-refractivity contribution is -0.145. The molecule has 2 atom stereocenters. The molecule has 1 rings (SSSR count). The van der Waals surface area contributed by atoms with Crippen molar-refractivity contribution >= 4 is 5.97 Å². The second-order valence-electron chi connectivity index (χ2n) is 4.65. The number of pyridine rings is 1. The van der Waals surface area contributed by atoms with Crippen molar-refractivity contribution < 1.29 is 9.90 Å². The van der Waals surface area contributed by atoms with Gasteiger partial charge in [-0.25, -0.2) is 0 Å². The van der Waals surface area contributed by atoms with E-state index < -0.39 is 12.0 Å². The minimum Gasteiger partial charge on any atom is -0.480 e. The third-order valence-corrected chi connectivity index (χ3v) is 3.12. The van der Waals surface area contributed by atoms with Crippen molar-refractivity contribution in [2.45, 2.75) is 32.9 Å². The van der Waals surface area contributed by atoms with Gasteiger partial charge in [-0.1, -0.05) is 13.8 Å². The predicted octanol–water partition coefficient (Wildman–Crippen LogP) is 2.18. The lowest BCUT2D eigenvalue weighted by Gasteiger charge is -2.32. The van der Waals surface area contributed by atoms with Gasteiger partial charge in [0, 0.05) is 18.4 Å². The summed E-state index contributed by atoms with van der Waals surface area (Å²) in [6, 6.07) is 3.42. The Hall–Kier alpha value is -1.42. The number of hydrogen-bond acceptors (Lipinski definition) is 3. The van der Waals surface area contributed by atoms with Crippen LogP contribution in [-0.2, 0) is 4.79 Å². The first-order valence-corrected chi connectivity index (χ1v) is 5.79. The predicted molar refractivity (Wildman–Crippen MR) is 66.7 cm³/mol. The van der Waals surface area contributed by atoms with Crippen molar-refractivity contribution in [2.75, 3.05) is 7.05 Å². The van der Waals surface area contributed by atoms with Gasteiger partial charge in [-0.2, -0.15) is 0 Å². The third-order valence-electron chi connectivity index (χ3n) is 3.12. The summed E-state index contributed by atoms with van der Waals surface area (Å²) in [5, 5.41) is 9.26. The molecule has 0 aliphatic rings. The largest absolute Gasteiger partial charge is 0.480 e. The molecule has 4 nitrogen and oxygen atoms in total. The van der Waals surface area contributed by atoms with E-state index in [1.165, 1.54) is 0 Å². The molecule has 0 radical (unpaired) electrons. The van der Waals surface area contributed by atoms with Crippen molar-refractivity contribution in [3.8, 4) is 0 Å². The number of carboxylic acid groups (broad SMARTS) is 1. The van der Waals surface area contributed by atoms with Crippen LogP contribution in [0.2, 0.25) is 0 Å². The topological polar surface area (TPSA) is 53.4 Å². The van der Waals surface area contributed by atoms with Crippen molar-refractivity contribution in [1.82, 2.24) is 9.88 Å². The van der Waals surface area contributed by atoms with E-state index in [1.54, 1.807) is 12.4 Å². The van der Waals surface area contributed by atoms with Crippen LogP contribution in [0.25, 0.3) is 0 Å². The Kier molecular flexibility index (Phi) is 4.63. The molecule has 94 valence electrons. The van der Waals surface area contributed by atoms with Crippen molar-refractivity contribution in [3.05, 3.63) is 30.1 Å². The van der Waals surface area contributed by atoms with Crippen LogP contribution in [0.4, 0.5) is 0 Å². The number of nitrogens with zero attached hydrogens (tertiary/aromatic N) is 2. The van der Waals surface area contributed by atoms with Gasteiger partial charge in [-0.05, 0) is 37.6 Å². The van der Waals surface area contributed by atoms with Crippen molar-refractivity contribution in [3.63, 3.8) is 0 Å². The fourth-order valence-electron chi connectivity index (χ4n) is 2.05. The summed E-state index contributed by atoms with van der Waals surface area (Å²) in [6.45, 7) is 5.86. The van der Waals surface area contributed by atoms with Crippen LogP contribution in [0.3, 0.4) is 0 Å². The van der Waals surface area contributed by atoms with Gasteiger partial charge in [0.05, 0.1) is 0 Å². The molecule has 2 unspecified atom stereocenters. The first-order chi connectivity index (χ1) is 7.95. The van der Waals surface area contributed by atoms with Crippen LogP contribution in [0.15, 0.2) is 24.5 Å². The molecule has 0 spiro atoms. The highest BCUT2D eigenvalue weighted by molar-refractivity contribution is 5.73. The Morgan fingerprint density at radius 1 is 1.29 bits per heavy atom. The van der Waals surface area contributed by atoms with Gasteiger partial charge in [0.15, 0.2) is 0 Å². The molecule has 0 saturated heterocycles. The highest BCUT2D eigenvalue weighted by Gasteiger charge is 2.29. The van der Waals surface area contributed by atoms with Gasteiger partial charge >= 0.3 is 5.97 Å². The summed E-state index contributed by atoms with van der Waals surface area (Å²) in [4.78, 5) is 17.1. The quantitative estimate of drug-likeness (QED) is 0.851. The molecule has 17 heavy (non-hydrogen) atoms. The second kappa shape index (κ2) is 5.77. The average molecular weight is 236 g/mol. The number of rotatable bonds is 5. The molecule has 0 bridgehead atoms. The van der Waals surface area contributed by atoms with E-state index in [2.05, 4.69) is 4.98 Å². The van der Waals surface area contributed by atoms with E-state index in [9.17, 15) is 9.90 Å². The summed E-state index contributed by atoms with van der Waals surface area (Å²) >= 11 is 0. The Morgan fingerprint density at radius 2 is 1.82 bits per heavy atom. The summed E-state index contributed by atoms with van der Waals surface area (Å²) in [6.07, 6.45) is 3.45. The highest BCUT2D eigenvalue weighted by Crippen LogP contribution is 2.23. The number of hydrogen-bond donors (Lipinski definition) is 1. The zero-order chi connectivity index (χ0) is 13.0. The molecule has 4 heteroatoms. The minimum absolute atomic E-state index is 0.0569. The molecule has 0 fully saturated rings. The summed E-state index contributed by atoms with van der Waals surface area (Å²) in [5.74, 6) is -0.704. The van der Waals surface area contributed by atoms with Crippen molar-refractivity contribution in [2.24, 2.45) is 5.92 Å². The Morgan fingerprint density at radius 3 is 2.24 bits per heavy atom. The standard InChI is InChI=1S/C13H20N2O2/c1-9(2)12(13(16)17)15(4)10(3)11-5-7-14-8-6-11/h5-10,12H,1-4H3,(H,16,17). The van der Waals surface area contributed by atoms with Gasteiger partial charge in [-0.3, -0.25) is 14.7 Å². The molecule has 0 aliphatic heterocycles. The van der Waals surface area contributed by atoms with Crippen LogP contribution in [-0.4, -0.2) is 34.0 Å². The molecule has 1 aromatic heterocycles. The van der Waals surface area contributed by atoms with Crippen LogP contribution in [0, 0.1) is 5.92 Å². The molecule has 1 heterocycles. The Bertz CT molecular complexity index is 365. The Balaban J connectivity index is 2.88. The highest BCUT2D eigenvalue weighted by atomic mass is 16.4. The SMILES string of the molecule is CC(C)C(C(=O)O)N(C)C(C)c1ccncc1. The number of likely N-dealkylation sites (N-methyl/N-ethyl adjacent to an activating group) is 1. The maximum absolute atomic E-state index is 11.3. The van der Waals surface area contributed by atoms with Crippen LogP contribution in [0.1, 0.15) is 32.4 Å². The molecule has 0 saturated carbocycles. The lowest BCUT2D eigenvalue weighted by atomic mass is 9.99. The first-order valence-electron chi connectivity index (χ1n) is 5.79. The maximum atomic E-state index is 11.3. The monoisotopic (exact) mass is 236 g/mol. The maximum Gasteiger partial charge on any atom is 0.321 e. The number of aromatic nitrogens is 1. The summed E-state index contributed by atoms with van der Waals surface area (Å²) in [5.41, 5.74) is 1.08.